The third-order valence-corrected chi connectivity index (χ3v) is 4.89. The molecule has 0 unspecified atom stereocenters. The highest BCUT2D eigenvalue weighted by Crippen LogP contribution is 2.37. The number of fused-ring (bicyclic) bond motifs is 1. The summed E-state index contributed by atoms with van der Waals surface area (Å²) < 4.78 is 0. The van der Waals surface area contributed by atoms with Crippen LogP contribution in [0.1, 0.15) is 5.56 Å². The monoisotopic (exact) mass is 391 g/mol. The number of primary amides is 1. The molecule has 7 heteroatoms. The summed E-state index contributed by atoms with van der Waals surface area (Å²) in [6.45, 7) is 0.418. The normalized spacial score (nSPS) is 10.9. The molecule has 0 bridgehead atoms. The van der Waals surface area contributed by atoms with Gasteiger partial charge in [0.2, 0.25) is 0 Å². The van der Waals surface area contributed by atoms with Crippen molar-refractivity contribution in [2.45, 2.75) is 6.54 Å². The first-order valence-corrected chi connectivity index (χ1v) is 9.08. The van der Waals surface area contributed by atoms with Crippen LogP contribution in [0, 0.1) is 0 Å². The molecule has 6 nitrogen and oxygen atoms in total. The minimum Gasteiger partial charge on any atom is -0.351 e. The number of nitrogens with zero attached hydrogens (tertiary/aromatic N) is 2. The molecule has 4 rings (SSSR count). The van der Waals surface area contributed by atoms with Gasteiger partial charge in [-0.2, -0.15) is 5.10 Å². The van der Waals surface area contributed by atoms with Gasteiger partial charge in [0, 0.05) is 17.5 Å². The van der Waals surface area contributed by atoms with Crippen molar-refractivity contribution in [2.75, 3.05) is 4.90 Å². The number of nitrogens with two attached hydrogens (primary N) is 2. The number of urea groups is 1. The summed E-state index contributed by atoms with van der Waals surface area (Å²) in [6, 6.07) is 20.2. The Kier molecular flexibility index (Phi) is 4.73. The zero-order chi connectivity index (χ0) is 19.7. The molecule has 0 spiro atoms. The van der Waals surface area contributed by atoms with Crippen molar-refractivity contribution >= 4 is 40.0 Å². The summed E-state index contributed by atoms with van der Waals surface area (Å²) >= 11 is 6.47. The van der Waals surface area contributed by atoms with Gasteiger partial charge in [-0.05, 0) is 35.4 Å². The van der Waals surface area contributed by atoms with Gasteiger partial charge in [-0.25, -0.2) is 9.69 Å². The van der Waals surface area contributed by atoms with Gasteiger partial charge in [0.25, 0.3) is 0 Å². The predicted molar refractivity (Wildman–Crippen MR) is 113 cm³/mol. The number of aromatic nitrogens is 2. The largest absolute Gasteiger partial charge is 0.351 e. The third-order valence-electron chi connectivity index (χ3n) is 4.58. The van der Waals surface area contributed by atoms with Crippen LogP contribution in [0.15, 0.2) is 66.7 Å². The highest BCUT2D eigenvalue weighted by molar-refractivity contribution is 6.34. The van der Waals surface area contributed by atoms with Gasteiger partial charge in [-0.1, -0.05) is 54.1 Å². The number of anilines is 2. The molecule has 0 saturated heterocycles. The Bertz CT molecular complexity index is 1140. The van der Waals surface area contributed by atoms with Gasteiger partial charge in [-0.3, -0.25) is 5.10 Å². The Labute approximate surface area is 166 Å². The van der Waals surface area contributed by atoms with Gasteiger partial charge in [0.1, 0.15) is 0 Å². The van der Waals surface area contributed by atoms with Crippen LogP contribution in [0.25, 0.3) is 22.0 Å². The van der Waals surface area contributed by atoms with Crippen molar-refractivity contribution in [3.05, 3.63) is 77.3 Å². The lowest BCUT2D eigenvalue weighted by molar-refractivity contribution is 0.256. The van der Waals surface area contributed by atoms with Gasteiger partial charge in [0.05, 0.1) is 16.2 Å². The van der Waals surface area contributed by atoms with E-state index in [1.54, 1.807) is 18.2 Å². The van der Waals surface area contributed by atoms with Crippen LogP contribution in [0.5, 0.6) is 0 Å². The van der Waals surface area contributed by atoms with Gasteiger partial charge < -0.3 is 11.5 Å². The van der Waals surface area contributed by atoms with Gasteiger partial charge in [0.15, 0.2) is 5.82 Å². The Morgan fingerprint density at radius 1 is 1.07 bits per heavy atom. The van der Waals surface area contributed by atoms with E-state index in [4.69, 9.17) is 23.1 Å². The van der Waals surface area contributed by atoms with E-state index in [1.165, 1.54) is 4.90 Å². The first-order valence-electron chi connectivity index (χ1n) is 8.70. The van der Waals surface area contributed by atoms with E-state index in [1.807, 2.05) is 48.5 Å². The summed E-state index contributed by atoms with van der Waals surface area (Å²) in [7, 11) is 0. The van der Waals surface area contributed by atoms with E-state index in [0.717, 1.165) is 22.1 Å². The van der Waals surface area contributed by atoms with Crippen LogP contribution in [0.2, 0.25) is 5.02 Å². The molecular formula is C21H18ClN5O. The van der Waals surface area contributed by atoms with E-state index in [-0.39, 0.29) is 0 Å². The molecule has 0 fully saturated rings. The smallest absolute Gasteiger partial charge is 0.325 e. The quantitative estimate of drug-likeness (QED) is 0.475. The molecule has 28 heavy (non-hydrogen) atoms. The van der Waals surface area contributed by atoms with Gasteiger partial charge in [-0.15, -0.1) is 0 Å². The average Bonchev–Trinajstić information content (AvgIpc) is 3.10. The number of nitrogens with one attached hydrogen (secondary N) is 1. The molecule has 0 radical (unpaired) electrons. The van der Waals surface area contributed by atoms with Gasteiger partial charge >= 0.3 is 6.03 Å². The third kappa shape index (κ3) is 3.19. The Hall–Kier alpha value is -3.35. The molecule has 4 aromatic rings. The number of benzene rings is 3. The maximum absolute atomic E-state index is 12.3. The van der Waals surface area contributed by atoms with Crippen molar-refractivity contribution in [1.82, 2.24) is 10.2 Å². The molecule has 0 aliphatic rings. The Morgan fingerprint density at radius 3 is 2.43 bits per heavy atom. The van der Waals surface area contributed by atoms with Crippen LogP contribution < -0.4 is 16.4 Å². The molecule has 0 aliphatic carbocycles. The summed E-state index contributed by atoms with van der Waals surface area (Å²) in [5, 5.41) is 8.59. The van der Waals surface area contributed by atoms with E-state index in [2.05, 4.69) is 10.2 Å². The van der Waals surface area contributed by atoms with Crippen LogP contribution in [0.4, 0.5) is 16.3 Å². The number of hydrogen-bond acceptors (Lipinski definition) is 3. The fourth-order valence-corrected chi connectivity index (χ4v) is 3.44. The van der Waals surface area contributed by atoms with Crippen molar-refractivity contribution in [3.63, 3.8) is 0 Å². The molecule has 3 aromatic carbocycles. The second-order valence-corrected chi connectivity index (χ2v) is 6.74. The first-order chi connectivity index (χ1) is 13.6. The second-order valence-electron chi connectivity index (χ2n) is 6.34. The lowest BCUT2D eigenvalue weighted by atomic mass is 10.0. The number of aromatic amines is 1. The summed E-state index contributed by atoms with van der Waals surface area (Å²) in [5.74, 6) is 0.414. The topological polar surface area (TPSA) is 101 Å². The van der Waals surface area contributed by atoms with E-state index < -0.39 is 6.03 Å². The fourth-order valence-electron chi connectivity index (χ4n) is 3.17. The van der Waals surface area contributed by atoms with Crippen molar-refractivity contribution in [3.8, 4) is 11.1 Å². The molecule has 5 N–H and O–H groups in total. The Morgan fingerprint density at radius 2 is 1.79 bits per heavy atom. The summed E-state index contributed by atoms with van der Waals surface area (Å²) in [4.78, 5) is 13.6. The maximum atomic E-state index is 12.3. The SMILES string of the molecule is NCc1ccc(N(C(N)=O)c2n[nH]c3cc(Cl)c(-c4ccccc4)cc23)cc1. The zero-order valence-electron chi connectivity index (χ0n) is 14.9. The Balaban J connectivity index is 1.87. The van der Waals surface area contributed by atoms with Crippen LogP contribution in [-0.2, 0) is 6.54 Å². The number of carbonyl (C=O) groups excluding carboxylic acids is 1. The summed E-state index contributed by atoms with van der Waals surface area (Å²) in [6.07, 6.45) is 0. The standard InChI is InChI=1S/C21H18ClN5O/c22-18-11-19-17(10-16(18)14-4-2-1-3-5-14)20(26-25-19)27(21(24)28)15-8-6-13(12-23)7-9-15/h1-11H,12,23H2,(H2,24,28)(H,25,26). The number of halogens is 1. The highest BCUT2D eigenvalue weighted by Gasteiger charge is 2.22. The lowest BCUT2D eigenvalue weighted by Gasteiger charge is -2.19. The number of rotatable bonds is 4. The van der Waals surface area contributed by atoms with Crippen LogP contribution in [0.3, 0.4) is 0 Å². The predicted octanol–water partition coefficient (Wildman–Crippen LogP) is 4.56. The highest BCUT2D eigenvalue weighted by atomic mass is 35.5. The minimum absolute atomic E-state index is 0.414. The van der Waals surface area contributed by atoms with Crippen molar-refractivity contribution in [1.29, 1.82) is 0 Å². The van der Waals surface area contributed by atoms with E-state index in [9.17, 15) is 4.79 Å². The molecule has 140 valence electrons. The zero-order valence-corrected chi connectivity index (χ0v) is 15.6. The maximum Gasteiger partial charge on any atom is 0.325 e. The van der Waals surface area contributed by atoms with Crippen molar-refractivity contribution in [2.24, 2.45) is 11.5 Å². The minimum atomic E-state index is -0.634. The molecular weight excluding hydrogens is 374 g/mol. The van der Waals surface area contributed by atoms with Crippen LogP contribution >= 0.6 is 11.6 Å². The summed E-state index contributed by atoms with van der Waals surface area (Å²) in [5.41, 5.74) is 15.4. The van der Waals surface area contributed by atoms with Crippen molar-refractivity contribution < 1.29 is 4.79 Å². The number of amides is 2. The molecule has 1 aromatic heterocycles. The number of carbonyl (C=O) groups is 1. The fraction of sp³-hybridized carbons (Fsp3) is 0.0476. The molecule has 0 saturated carbocycles. The number of H-pyrrole nitrogens is 1. The lowest BCUT2D eigenvalue weighted by Crippen LogP contribution is -2.31. The first kappa shape index (κ1) is 18.0. The molecule has 1 heterocycles. The van der Waals surface area contributed by atoms with Crippen LogP contribution in [-0.4, -0.2) is 16.2 Å². The molecule has 2 amide bonds. The van der Waals surface area contributed by atoms with E-state index >= 15 is 0 Å². The second kappa shape index (κ2) is 7.34. The number of hydrogen-bond donors (Lipinski definition) is 3. The average molecular weight is 392 g/mol. The molecule has 0 aliphatic heterocycles. The van der Waals surface area contributed by atoms with E-state index in [0.29, 0.717) is 28.6 Å². The molecule has 0 atom stereocenters.